The van der Waals surface area contributed by atoms with E-state index in [-0.39, 0.29) is 17.1 Å². The lowest BCUT2D eigenvalue weighted by Gasteiger charge is -2.36. The van der Waals surface area contributed by atoms with Gasteiger partial charge in [0.15, 0.2) is 5.76 Å². The zero-order valence-electron chi connectivity index (χ0n) is 15.5. The number of carbonyl (C=O) groups is 3. The van der Waals surface area contributed by atoms with E-state index < -0.39 is 53.2 Å². The molecule has 0 aliphatic carbocycles. The predicted octanol–water partition coefficient (Wildman–Crippen LogP) is 0.342. The van der Waals surface area contributed by atoms with Gasteiger partial charge in [0.25, 0.3) is 0 Å². The van der Waals surface area contributed by atoms with E-state index in [9.17, 15) is 34.5 Å². The number of hydrogen-bond donors (Lipinski definition) is 3. The molecule has 1 saturated heterocycles. The van der Waals surface area contributed by atoms with Gasteiger partial charge in [-0.2, -0.15) is 0 Å². The molecule has 1 aliphatic rings. The van der Waals surface area contributed by atoms with E-state index in [0.717, 1.165) is 15.9 Å². The third-order valence-corrected chi connectivity index (χ3v) is 4.81. The highest BCUT2D eigenvalue weighted by Gasteiger charge is 2.49. The van der Waals surface area contributed by atoms with Crippen molar-refractivity contribution in [3.63, 3.8) is 0 Å². The van der Waals surface area contributed by atoms with Gasteiger partial charge in [-0.3, -0.25) is 24.2 Å². The van der Waals surface area contributed by atoms with Gasteiger partial charge in [0, 0.05) is 25.7 Å². The summed E-state index contributed by atoms with van der Waals surface area (Å²) in [6.07, 6.45) is 0. The van der Waals surface area contributed by atoms with Crippen molar-refractivity contribution in [3.05, 3.63) is 57.6 Å². The number of phenolic OH excluding ortho intramolecular Hbond substituents is 1. The lowest BCUT2D eigenvalue weighted by atomic mass is 9.80. The maximum Gasteiger partial charge on any atom is 0.332 e. The van der Waals surface area contributed by atoms with Gasteiger partial charge in [0.2, 0.25) is 23.0 Å². The molecule has 1 aromatic carbocycles. The van der Waals surface area contributed by atoms with Crippen LogP contribution in [0.4, 0.5) is 4.79 Å². The maximum atomic E-state index is 12.9. The smallest absolute Gasteiger partial charge is 0.332 e. The van der Waals surface area contributed by atoms with Crippen molar-refractivity contribution in [2.45, 2.75) is 12.5 Å². The normalized spacial score (nSPS) is 16.4. The lowest BCUT2D eigenvalue weighted by molar-refractivity contribution is -0.148. The molecular formula is C19H18N2O8. The van der Waals surface area contributed by atoms with Gasteiger partial charge in [-0.05, 0) is 6.07 Å². The molecule has 0 saturated carbocycles. The molecule has 10 heteroatoms. The standard InChI is InChI=1S/C19H18N2O8/c1-20-17(26)14(18(27)21(2)19(20)28)13(10-5-3-4-6-11(10)23)16-15(25)12(24)7-9(8-22)29-16/h3-7,13-14,22-23,25H,8H2,1-2H3. The summed E-state index contributed by atoms with van der Waals surface area (Å²) in [4.78, 5) is 51.4. The Hall–Kier alpha value is -3.66. The summed E-state index contributed by atoms with van der Waals surface area (Å²) in [5, 5.41) is 30.0. The van der Waals surface area contributed by atoms with E-state index in [1.165, 1.54) is 38.4 Å². The first-order valence-electron chi connectivity index (χ1n) is 8.52. The number of aromatic hydroxyl groups is 2. The number of amides is 4. The van der Waals surface area contributed by atoms with Crippen molar-refractivity contribution in [2.24, 2.45) is 5.92 Å². The van der Waals surface area contributed by atoms with Crippen LogP contribution in [0.3, 0.4) is 0 Å². The van der Waals surface area contributed by atoms with E-state index in [2.05, 4.69) is 0 Å². The van der Waals surface area contributed by atoms with Gasteiger partial charge >= 0.3 is 6.03 Å². The number of urea groups is 1. The fourth-order valence-corrected chi connectivity index (χ4v) is 3.29. The zero-order valence-corrected chi connectivity index (χ0v) is 15.5. The largest absolute Gasteiger partial charge is 0.508 e. The van der Waals surface area contributed by atoms with Crippen LogP contribution in [0.25, 0.3) is 0 Å². The first-order chi connectivity index (χ1) is 13.7. The highest BCUT2D eigenvalue weighted by molar-refractivity contribution is 6.16. The number of imide groups is 2. The molecule has 1 unspecified atom stereocenters. The van der Waals surface area contributed by atoms with Crippen LogP contribution in [0.5, 0.6) is 11.5 Å². The van der Waals surface area contributed by atoms with Crippen molar-refractivity contribution in [2.75, 3.05) is 14.1 Å². The monoisotopic (exact) mass is 402 g/mol. The number of para-hydroxylation sites is 1. The highest BCUT2D eigenvalue weighted by atomic mass is 16.4. The molecular weight excluding hydrogens is 384 g/mol. The molecule has 0 bridgehead atoms. The highest BCUT2D eigenvalue weighted by Crippen LogP contribution is 2.42. The molecule has 4 amide bonds. The second-order valence-corrected chi connectivity index (χ2v) is 6.54. The number of hydrogen-bond acceptors (Lipinski definition) is 8. The number of aliphatic hydroxyl groups excluding tert-OH is 1. The molecule has 2 aromatic rings. The van der Waals surface area contributed by atoms with Crippen molar-refractivity contribution in [3.8, 4) is 11.5 Å². The number of nitrogens with zero attached hydrogens (tertiary/aromatic N) is 2. The van der Waals surface area contributed by atoms with Gasteiger partial charge in [-0.15, -0.1) is 0 Å². The molecule has 29 heavy (non-hydrogen) atoms. The van der Waals surface area contributed by atoms with E-state index in [1.807, 2.05) is 0 Å². The Morgan fingerprint density at radius 3 is 2.17 bits per heavy atom. The fourth-order valence-electron chi connectivity index (χ4n) is 3.29. The first kappa shape index (κ1) is 20.1. The van der Waals surface area contributed by atoms with Crippen LogP contribution >= 0.6 is 0 Å². The zero-order chi connectivity index (χ0) is 21.5. The summed E-state index contributed by atoms with van der Waals surface area (Å²) in [6.45, 7) is -0.680. The average molecular weight is 402 g/mol. The Labute approximate surface area is 164 Å². The molecule has 152 valence electrons. The number of rotatable bonds is 4. The van der Waals surface area contributed by atoms with Gasteiger partial charge in [-0.25, -0.2) is 4.79 Å². The average Bonchev–Trinajstić information content (AvgIpc) is 2.71. The van der Waals surface area contributed by atoms with E-state index in [4.69, 9.17) is 4.42 Å². The van der Waals surface area contributed by atoms with Crippen LogP contribution in [0, 0.1) is 5.92 Å². The van der Waals surface area contributed by atoms with Gasteiger partial charge in [-0.1, -0.05) is 18.2 Å². The summed E-state index contributed by atoms with van der Waals surface area (Å²) >= 11 is 0. The first-order valence-corrected chi connectivity index (χ1v) is 8.52. The van der Waals surface area contributed by atoms with Crippen LogP contribution in [-0.2, 0) is 16.2 Å². The lowest BCUT2D eigenvalue weighted by Crippen LogP contribution is -2.58. The van der Waals surface area contributed by atoms with Crippen molar-refractivity contribution < 1.29 is 34.1 Å². The second kappa shape index (κ2) is 7.40. The minimum Gasteiger partial charge on any atom is -0.508 e. The van der Waals surface area contributed by atoms with Crippen LogP contribution in [0.2, 0.25) is 0 Å². The Bertz CT molecular complexity index is 1040. The van der Waals surface area contributed by atoms with Crippen LogP contribution in [0.1, 0.15) is 23.0 Å². The molecule has 0 radical (unpaired) electrons. The van der Waals surface area contributed by atoms with Gasteiger partial charge in [0.05, 0.1) is 5.92 Å². The molecule has 2 heterocycles. The SMILES string of the molecule is CN1C(=O)C(C(c2ccccc2O)c2oc(CO)cc(=O)c2O)C(=O)N(C)C1=O. The molecule has 3 N–H and O–H groups in total. The quantitative estimate of drug-likeness (QED) is 0.620. The third kappa shape index (κ3) is 3.23. The molecule has 10 nitrogen and oxygen atoms in total. The van der Waals surface area contributed by atoms with E-state index in [0.29, 0.717) is 0 Å². The van der Waals surface area contributed by atoms with Gasteiger partial charge in [0.1, 0.15) is 24.0 Å². The molecule has 3 rings (SSSR count). The molecule has 1 fully saturated rings. The van der Waals surface area contributed by atoms with Gasteiger partial charge < -0.3 is 19.7 Å². The Balaban J connectivity index is 2.32. The number of benzene rings is 1. The number of aliphatic hydroxyl groups is 1. The summed E-state index contributed by atoms with van der Waals surface area (Å²) < 4.78 is 5.42. The molecule has 0 spiro atoms. The minimum atomic E-state index is -1.61. The van der Waals surface area contributed by atoms with Crippen molar-refractivity contribution >= 4 is 17.8 Å². The van der Waals surface area contributed by atoms with E-state index in [1.54, 1.807) is 0 Å². The maximum absolute atomic E-state index is 12.9. The summed E-state index contributed by atoms with van der Waals surface area (Å²) in [7, 11) is 2.37. The van der Waals surface area contributed by atoms with E-state index >= 15 is 0 Å². The van der Waals surface area contributed by atoms with Crippen molar-refractivity contribution in [1.29, 1.82) is 0 Å². The second-order valence-electron chi connectivity index (χ2n) is 6.54. The predicted molar refractivity (Wildman–Crippen MR) is 96.9 cm³/mol. The molecule has 1 aliphatic heterocycles. The summed E-state index contributed by atoms with van der Waals surface area (Å²) in [5.41, 5.74) is -0.881. The number of carbonyl (C=O) groups excluding carboxylic acids is 3. The van der Waals surface area contributed by atoms with Crippen LogP contribution < -0.4 is 5.43 Å². The third-order valence-electron chi connectivity index (χ3n) is 4.81. The Kier molecular flexibility index (Phi) is 5.12. The van der Waals surface area contributed by atoms with Crippen LogP contribution in [-0.4, -0.2) is 57.1 Å². The topological polar surface area (TPSA) is 149 Å². The molecule has 1 atom stereocenters. The Morgan fingerprint density at radius 1 is 1.03 bits per heavy atom. The van der Waals surface area contributed by atoms with Crippen LogP contribution in [0.15, 0.2) is 39.5 Å². The molecule has 1 aromatic heterocycles. The summed E-state index contributed by atoms with van der Waals surface area (Å²) in [6, 6.07) is 5.73. The fraction of sp³-hybridized carbons (Fsp3) is 0.263. The summed E-state index contributed by atoms with van der Waals surface area (Å²) in [5.74, 6) is -6.74. The minimum absolute atomic E-state index is 0.0175. The Morgan fingerprint density at radius 2 is 1.62 bits per heavy atom. The van der Waals surface area contributed by atoms with Crippen molar-refractivity contribution in [1.82, 2.24) is 9.80 Å². The number of barbiturate groups is 1. The number of phenols is 1.